The first-order chi connectivity index (χ1) is 11.4. The second-order valence-corrected chi connectivity index (χ2v) is 5.93. The molecule has 1 aromatic carbocycles. The summed E-state index contributed by atoms with van der Waals surface area (Å²) in [5.74, 6) is -1.24. The smallest absolute Gasteiger partial charge is 0.417 e. The summed E-state index contributed by atoms with van der Waals surface area (Å²) >= 11 is 0. The van der Waals surface area contributed by atoms with Gasteiger partial charge in [0.25, 0.3) is 5.91 Å². The highest BCUT2D eigenvalue weighted by Gasteiger charge is 2.35. The van der Waals surface area contributed by atoms with Gasteiger partial charge in [0.15, 0.2) is 6.61 Å². The summed E-state index contributed by atoms with van der Waals surface area (Å²) in [4.78, 5) is 23.5. The molecule has 4 nitrogen and oxygen atoms in total. The van der Waals surface area contributed by atoms with E-state index in [4.69, 9.17) is 4.74 Å². The number of alkyl halides is 3. The molecule has 7 heteroatoms. The number of hydrogen-bond acceptors (Lipinski definition) is 3. The van der Waals surface area contributed by atoms with E-state index in [1.807, 2.05) is 0 Å². The Balaban J connectivity index is 1.83. The maximum absolute atomic E-state index is 12.8. The van der Waals surface area contributed by atoms with E-state index in [-0.39, 0.29) is 0 Å². The average Bonchev–Trinajstić information content (AvgIpc) is 2.58. The van der Waals surface area contributed by atoms with Crippen LogP contribution in [0.4, 0.5) is 13.2 Å². The number of halogens is 3. The van der Waals surface area contributed by atoms with E-state index in [2.05, 4.69) is 5.32 Å². The number of benzene rings is 1. The Morgan fingerprint density at radius 1 is 1.12 bits per heavy atom. The molecule has 1 N–H and O–H groups in total. The van der Waals surface area contributed by atoms with Crippen molar-refractivity contribution in [2.75, 3.05) is 13.2 Å². The summed E-state index contributed by atoms with van der Waals surface area (Å²) in [5, 5.41) is 2.67. The van der Waals surface area contributed by atoms with Crippen molar-refractivity contribution in [3.05, 3.63) is 35.4 Å². The number of ether oxygens (including phenoxy) is 1. The van der Waals surface area contributed by atoms with E-state index in [0.29, 0.717) is 12.5 Å². The number of esters is 1. The molecule has 1 amide bonds. The lowest BCUT2D eigenvalue weighted by Crippen LogP contribution is -2.33. The standard InChI is InChI=1S/C17H20F3NO3/c18-17(19,20)14-9-5-4-8-13(14)16(23)24-11-15(22)21-10-12-6-2-1-3-7-12/h4-5,8-9,12H,1-3,6-7,10-11H2,(H,21,22). The van der Waals surface area contributed by atoms with Crippen LogP contribution in [0, 0.1) is 5.92 Å². The first-order valence-corrected chi connectivity index (χ1v) is 7.98. The van der Waals surface area contributed by atoms with Crippen LogP contribution in [0.25, 0.3) is 0 Å². The third kappa shape index (κ3) is 5.25. The Labute approximate surface area is 138 Å². The minimum Gasteiger partial charge on any atom is -0.452 e. The number of carbonyl (C=O) groups is 2. The molecule has 1 fully saturated rings. The second-order valence-electron chi connectivity index (χ2n) is 5.93. The van der Waals surface area contributed by atoms with Crippen LogP contribution in [0.2, 0.25) is 0 Å². The van der Waals surface area contributed by atoms with E-state index in [0.717, 1.165) is 37.8 Å². The van der Waals surface area contributed by atoms with E-state index in [9.17, 15) is 22.8 Å². The molecule has 0 bridgehead atoms. The van der Waals surface area contributed by atoms with Gasteiger partial charge in [-0.15, -0.1) is 0 Å². The van der Waals surface area contributed by atoms with Gasteiger partial charge in [0, 0.05) is 6.54 Å². The molecule has 0 atom stereocenters. The summed E-state index contributed by atoms with van der Waals surface area (Å²) in [6, 6.07) is 4.34. The summed E-state index contributed by atoms with van der Waals surface area (Å²) in [5.41, 5.74) is -1.66. The van der Waals surface area contributed by atoms with Gasteiger partial charge in [-0.25, -0.2) is 4.79 Å². The van der Waals surface area contributed by atoms with Crippen LogP contribution in [0.5, 0.6) is 0 Å². The van der Waals surface area contributed by atoms with Gasteiger partial charge < -0.3 is 10.1 Å². The fourth-order valence-corrected chi connectivity index (χ4v) is 2.82. The van der Waals surface area contributed by atoms with Crippen LogP contribution < -0.4 is 5.32 Å². The highest BCUT2D eigenvalue weighted by atomic mass is 19.4. The fraction of sp³-hybridized carbons (Fsp3) is 0.529. The Morgan fingerprint density at radius 3 is 2.46 bits per heavy atom. The van der Waals surface area contributed by atoms with Crippen molar-refractivity contribution in [2.45, 2.75) is 38.3 Å². The molecule has 132 valence electrons. The zero-order valence-electron chi connectivity index (χ0n) is 13.2. The van der Waals surface area contributed by atoms with Crippen molar-refractivity contribution in [3.8, 4) is 0 Å². The minimum atomic E-state index is -4.65. The molecule has 24 heavy (non-hydrogen) atoms. The lowest BCUT2D eigenvalue weighted by Gasteiger charge is -2.21. The van der Waals surface area contributed by atoms with Crippen LogP contribution in [0.3, 0.4) is 0 Å². The van der Waals surface area contributed by atoms with Crippen molar-refractivity contribution in [3.63, 3.8) is 0 Å². The Morgan fingerprint density at radius 2 is 1.79 bits per heavy atom. The monoisotopic (exact) mass is 343 g/mol. The van der Waals surface area contributed by atoms with Crippen molar-refractivity contribution < 1.29 is 27.5 Å². The maximum atomic E-state index is 12.8. The molecule has 1 aliphatic carbocycles. The zero-order valence-corrected chi connectivity index (χ0v) is 13.2. The average molecular weight is 343 g/mol. The molecule has 1 aromatic rings. The first-order valence-electron chi connectivity index (χ1n) is 7.98. The molecule has 1 saturated carbocycles. The Bertz CT molecular complexity index is 581. The van der Waals surface area contributed by atoms with Gasteiger partial charge >= 0.3 is 12.1 Å². The predicted molar refractivity (Wildman–Crippen MR) is 81.3 cm³/mol. The van der Waals surface area contributed by atoms with Gasteiger partial charge in [-0.05, 0) is 30.9 Å². The topological polar surface area (TPSA) is 55.4 Å². The molecule has 0 aromatic heterocycles. The van der Waals surface area contributed by atoms with Crippen LogP contribution >= 0.6 is 0 Å². The molecule has 1 aliphatic rings. The fourth-order valence-electron chi connectivity index (χ4n) is 2.82. The molecule has 0 saturated heterocycles. The molecular formula is C17H20F3NO3. The van der Waals surface area contributed by atoms with E-state index < -0.39 is 35.8 Å². The third-order valence-electron chi connectivity index (χ3n) is 4.10. The van der Waals surface area contributed by atoms with E-state index in [1.165, 1.54) is 18.6 Å². The van der Waals surface area contributed by atoms with Gasteiger partial charge in [-0.2, -0.15) is 13.2 Å². The summed E-state index contributed by atoms with van der Waals surface area (Å²) < 4.78 is 43.3. The van der Waals surface area contributed by atoms with Crippen molar-refractivity contribution >= 4 is 11.9 Å². The Kier molecular flexibility index (Phi) is 6.23. The third-order valence-corrected chi connectivity index (χ3v) is 4.10. The maximum Gasteiger partial charge on any atom is 0.417 e. The number of nitrogens with one attached hydrogen (secondary N) is 1. The normalized spacial score (nSPS) is 15.8. The second kappa shape index (κ2) is 8.17. The van der Waals surface area contributed by atoms with Crippen LogP contribution in [-0.2, 0) is 15.7 Å². The number of rotatable bonds is 5. The minimum absolute atomic E-state index is 0.421. The summed E-state index contributed by atoms with van der Waals surface area (Å²) in [6.45, 7) is -0.0761. The van der Waals surface area contributed by atoms with Crippen LogP contribution in [0.1, 0.15) is 48.0 Å². The van der Waals surface area contributed by atoms with Gasteiger partial charge in [0.1, 0.15) is 0 Å². The van der Waals surface area contributed by atoms with Crippen LogP contribution in [0.15, 0.2) is 24.3 Å². The lowest BCUT2D eigenvalue weighted by molar-refractivity contribution is -0.138. The summed E-state index contributed by atoms with van der Waals surface area (Å²) in [7, 11) is 0. The number of amides is 1. The first kappa shape index (κ1) is 18.3. The molecule has 2 rings (SSSR count). The molecular weight excluding hydrogens is 323 g/mol. The quantitative estimate of drug-likeness (QED) is 0.832. The van der Waals surface area contributed by atoms with E-state index in [1.54, 1.807) is 0 Å². The van der Waals surface area contributed by atoms with Gasteiger partial charge in [-0.1, -0.05) is 31.4 Å². The Hall–Kier alpha value is -2.05. The van der Waals surface area contributed by atoms with Crippen molar-refractivity contribution in [1.82, 2.24) is 5.32 Å². The highest BCUT2D eigenvalue weighted by molar-refractivity contribution is 5.92. The SMILES string of the molecule is O=C(COC(=O)c1ccccc1C(F)(F)F)NCC1CCCCC1. The highest BCUT2D eigenvalue weighted by Crippen LogP contribution is 2.32. The molecule has 0 heterocycles. The molecule has 0 radical (unpaired) electrons. The molecule has 0 spiro atoms. The summed E-state index contributed by atoms with van der Waals surface area (Å²) in [6.07, 6.45) is 0.949. The molecule has 0 unspecified atom stereocenters. The largest absolute Gasteiger partial charge is 0.452 e. The number of carbonyl (C=O) groups excluding carboxylic acids is 2. The van der Waals surface area contributed by atoms with Gasteiger partial charge in [0.05, 0.1) is 11.1 Å². The lowest BCUT2D eigenvalue weighted by atomic mass is 9.89. The van der Waals surface area contributed by atoms with Gasteiger partial charge in [0.2, 0.25) is 0 Å². The van der Waals surface area contributed by atoms with Crippen molar-refractivity contribution in [2.24, 2.45) is 5.92 Å². The van der Waals surface area contributed by atoms with Crippen molar-refractivity contribution in [1.29, 1.82) is 0 Å². The zero-order chi connectivity index (χ0) is 17.6. The van der Waals surface area contributed by atoms with E-state index >= 15 is 0 Å². The van der Waals surface area contributed by atoms with Crippen LogP contribution in [-0.4, -0.2) is 25.0 Å². The predicted octanol–water partition coefficient (Wildman–Crippen LogP) is 3.56. The number of hydrogen-bond donors (Lipinski definition) is 1. The molecule has 0 aliphatic heterocycles. The van der Waals surface area contributed by atoms with Gasteiger partial charge in [-0.3, -0.25) is 4.79 Å².